The molecule has 33 heavy (non-hydrogen) atoms. The Hall–Kier alpha value is -3.01. The van der Waals surface area contributed by atoms with E-state index in [4.69, 9.17) is 0 Å². The van der Waals surface area contributed by atoms with E-state index in [1.807, 2.05) is 13.8 Å². The first-order chi connectivity index (χ1) is 15.4. The maximum Gasteiger partial charge on any atom is 0.244 e. The van der Waals surface area contributed by atoms with Crippen molar-refractivity contribution in [2.24, 2.45) is 0 Å². The number of nitrogens with zero attached hydrogens (tertiary/aromatic N) is 2. The topological polar surface area (TPSA) is 86.8 Å². The zero-order valence-electron chi connectivity index (χ0n) is 19.1. The van der Waals surface area contributed by atoms with E-state index in [1.165, 1.54) is 48.2 Å². The summed E-state index contributed by atoms with van der Waals surface area (Å²) in [6.45, 7) is 4.58. The Labute approximate surface area is 193 Å². The third-order valence-electron chi connectivity index (χ3n) is 5.21. The summed E-state index contributed by atoms with van der Waals surface area (Å²) in [4.78, 5) is 27.3. The second kappa shape index (κ2) is 11.2. The number of hydrogen-bond donors (Lipinski definition) is 1. The molecule has 10 heteroatoms. The van der Waals surface area contributed by atoms with Gasteiger partial charge in [0.05, 0.1) is 11.9 Å². The van der Waals surface area contributed by atoms with Crippen LogP contribution in [0.4, 0.5) is 14.5 Å². The van der Waals surface area contributed by atoms with Crippen LogP contribution < -0.4 is 9.62 Å². The van der Waals surface area contributed by atoms with Crippen molar-refractivity contribution in [1.29, 1.82) is 0 Å². The van der Waals surface area contributed by atoms with Crippen LogP contribution in [0.2, 0.25) is 0 Å². The highest BCUT2D eigenvalue weighted by Gasteiger charge is 2.30. The molecule has 2 atom stereocenters. The van der Waals surface area contributed by atoms with Crippen LogP contribution >= 0.6 is 0 Å². The van der Waals surface area contributed by atoms with E-state index in [2.05, 4.69) is 5.32 Å². The molecule has 0 heterocycles. The molecule has 0 unspecified atom stereocenters. The molecule has 180 valence electrons. The molecule has 0 radical (unpaired) electrons. The van der Waals surface area contributed by atoms with Gasteiger partial charge in [-0.3, -0.25) is 13.9 Å². The van der Waals surface area contributed by atoms with Crippen LogP contribution in [0, 0.1) is 11.6 Å². The minimum atomic E-state index is -3.94. The molecule has 0 saturated carbocycles. The highest BCUT2D eigenvalue weighted by atomic mass is 32.2. The quantitative estimate of drug-likeness (QED) is 0.565. The summed E-state index contributed by atoms with van der Waals surface area (Å²) < 4.78 is 52.6. The fourth-order valence-corrected chi connectivity index (χ4v) is 3.92. The highest BCUT2D eigenvalue weighted by molar-refractivity contribution is 7.92. The third kappa shape index (κ3) is 7.52. The van der Waals surface area contributed by atoms with Gasteiger partial charge in [-0.25, -0.2) is 17.2 Å². The van der Waals surface area contributed by atoms with E-state index in [0.717, 1.165) is 22.7 Å². The SMILES string of the molecule is CC[C@H](C)NC(=O)[C@H](C)N(Cc1ccc(F)cc1)C(=O)CN(c1cccc(F)c1)S(C)(=O)=O. The van der Waals surface area contributed by atoms with Gasteiger partial charge >= 0.3 is 0 Å². The summed E-state index contributed by atoms with van der Waals surface area (Å²) in [5.74, 6) is -2.18. The zero-order valence-corrected chi connectivity index (χ0v) is 19.9. The largest absolute Gasteiger partial charge is 0.352 e. The number of nitrogens with one attached hydrogen (secondary N) is 1. The van der Waals surface area contributed by atoms with Crippen LogP contribution in [0.5, 0.6) is 0 Å². The number of sulfonamides is 1. The summed E-state index contributed by atoms with van der Waals surface area (Å²) in [6, 6.07) is 9.26. The van der Waals surface area contributed by atoms with Crippen LogP contribution in [0.25, 0.3) is 0 Å². The minimum absolute atomic E-state index is 0.00991. The first kappa shape index (κ1) is 26.2. The number of rotatable bonds is 10. The summed E-state index contributed by atoms with van der Waals surface area (Å²) in [5, 5.41) is 2.81. The molecule has 7 nitrogen and oxygen atoms in total. The lowest BCUT2D eigenvalue weighted by molar-refractivity contribution is -0.139. The summed E-state index contributed by atoms with van der Waals surface area (Å²) in [5.41, 5.74) is 0.550. The zero-order chi connectivity index (χ0) is 24.8. The Bertz CT molecular complexity index is 1080. The van der Waals surface area contributed by atoms with Crippen molar-refractivity contribution in [3.63, 3.8) is 0 Å². The predicted octanol–water partition coefficient (Wildman–Crippen LogP) is 3.06. The lowest BCUT2D eigenvalue weighted by atomic mass is 10.1. The van der Waals surface area contributed by atoms with E-state index in [-0.39, 0.29) is 18.3 Å². The van der Waals surface area contributed by atoms with E-state index in [1.54, 1.807) is 0 Å². The highest BCUT2D eigenvalue weighted by Crippen LogP contribution is 2.20. The first-order valence-electron chi connectivity index (χ1n) is 10.5. The smallest absolute Gasteiger partial charge is 0.244 e. The fraction of sp³-hybridized carbons (Fsp3) is 0.391. The molecule has 0 spiro atoms. The van der Waals surface area contributed by atoms with Crippen LogP contribution in [0.1, 0.15) is 32.8 Å². The van der Waals surface area contributed by atoms with Gasteiger partial charge in [0, 0.05) is 12.6 Å². The van der Waals surface area contributed by atoms with Crippen molar-refractivity contribution in [3.8, 4) is 0 Å². The molecular formula is C23H29F2N3O4S. The van der Waals surface area contributed by atoms with Gasteiger partial charge in [-0.1, -0.05) is 25.1 Å². The standard InChI is InChI=1S/C23H29F2N3O4S/c1-5-16(2)26-23(30)17(3)27(14-18-9-11-19(24)12-10-18)22(29)15-28(33(4,31)32)21-8-6-7-20(25)13-21/h6-13,16-17H,5,14-15H2,1-4H3,(H,26,30)/t16-,17-/m0/s1. The molecule has 2 aromatic rings. The molecule has 0 fully saturated rings. The summed E-state index contributed by atoms with van der Waals surface area (Å²) in [6.07, 6.45) is 1.60. The average Bonchev–Trinajstić information content (AvgIpc) is 2.75. The molecule has 2 amide bonds. The Balaban J connectivity index is 2.37. The number of amides is 2. The molecular weight excluding hydrogens is 452 g/mol. The van der Waals surface area contributed by atoms with Crippen molar-refractivity contribution < 1.29 is 26.8 Å². The van der Waals surface area contributed by atoms with Crippen LogP contribution in [0.15, 0.2) is 48.5 Å². The second-order valence-corrected chi connectivity index (χ2v) is 9.80. The van der Waals surface area contributed by atoms with Gasteiger partial charge in [-0.2, -0.15) is 0 Å². The average molecular weight is 482 g/mol. The first-order valence-corrected chi connectivity index (χ1v) is 12.3. The molecule has 0 saturated heterocycles. The van der Waals surface area contributed by atoms with Gasteiger partial charge in [0.15, 0.2) is 0 Å². The van der Waals surface area contributed by atoms with E-state index in [0.29, 0.717) is 12.0 Å². The Morgan fingerprint density at radius 1 is 1.03 bits per heavy atom. The lowest BCUT2D eigenvalue weighted by Crippen LogP contribution is -2.52. The molecule has 2 rings (SSSR count). The molecule has 0 aliphatic rings. The molecule has 0 aromatic heterocycles. The van der Waals surface area contributed by atoms with E-state index in [9.17, 15) is 26.8 Å². The molecule has 0 bridgehead atoms. The number of carbonyl (C=O) groups excluding carboxylic acids is 2. The normalized spacial score (nSPS) is 13.2. The molecule has 0 aliphatic carbocycles. The lowest BCUT2D eigenvalue weighted by Gasteiger charge is -2.32. The fourth-order valence-electron chi connectivity index (χ4n) is 3.08. The van der Waals surface area contributed by atoms with Crippen molar-refractivity contribution in [1.82, 2.24) is 10.2 Å². The van der Waals surface area contributed by atoms with Gasteiger partial charge in [0.1, 0.15) is 24.2 Å². The van der Waals surface area contributed by atoms with Crippen molar-refractivity contribution in [2.75, 3.05) is 17.1 Å². The summed E-state index contributed by atoms with van der Waals surface area (Å²) >= 11 is 0. The summed E-state index contributed by atoms with van der Waals surface area (Å²) in [7, 11) is -3.94. The Morgan fingerprint density at radius 3 is 2.21 bits per heavy atom. The third-order valence-corrected chi connectivity index (χ3v) is 6.35. The number of carbonyl (C=O) groups is 2. The van der Waals surface area contributed by atoms with Crippen molar-refractivity contribution >= 4 is 27.5 Å². The maximum absolute atomic E-state index is 13.7. The van der Waals surface area contributed by atoms with Crippen LogP contribution in [0.3, 0.4) is 0 Å². The number of benzene rings is 2. The second-order valence-electron chi connectivity index (χ2n) is 7.89. The van der Waals surface area contributed by atoms with Gasteiger partial charge in [-0.15, -0.1) is 0 Å². The van der Waals surface area contributed by atoms with Gasteiger partial charge < -0.3 is 10.2 Å². The minimum Gasteiger partial charge on any atom is -0.352 e. The van der Waals surface area contributed by atoms with E-state index >= 15 is 0 Å². The molecule has 1 N–H and O–H groups in total. The van der Waals surface area contributed by atoms with Crippen molar-refractivity contribution in [2.45, 2.75) is 45.8 Å². The number of halogens is 2. The van der Waals surface area contributed by atoms with Gasteiger partial charge in [-0.05, 0) is 56.2 Å². The predicted molar refractivity (Wildman–Crippen MR) is 123 cm³/mol. The van der Waals surface area contributed by atoms with Gasteiger partial charge in [0.2, 0.25) is 21.8 Å². The number of hydrogen-bond acceptors (Lipinski definition) is 4. The van der Waals surface area contributed by atoms with E-state index < -0.39 is 46.1 Å². The molecule has 2 aromatic carbocycles. The maximum atomic E-state index is 13.7. The monoisotopic (exact) mass is 481 g/mol. The molecule has 0 aliphatic heterocycles. The van der Waals surface area contributed by atoms with Crippen molar-refractivity contribution in [3.05, 3.63) is 65.7 Å². The van der Waals surface area contributed by atoms with Crippen LogP contribution in [-0.4, -0.2) is 50.0 Å². The Kier molecular flexibility index (Phi) is 8.92. The Morgan fingerprint density at radius 2 is 1.67 bits per heavy atom. The number of anilines is 1. The van der Waals surface area contributed by atoms with Gasteiger partial charge in [0.25, 0.3) is 0 Å². The van der Waals surface area contributed by atoms with Crippen LogP contribution in [-0.2, 0) is 26.2 Å².